The van der Waals surface area contributed by atoms with Crippen LogP contribution >= 0.6 is 11.3 Å². The zero-order chi connectivity index (χ0) is 19.7. The number of hydrogen-bond acceptors (Lipinski definition) is 8. The first-order valence-electron chi connectivity index (χ1n) is 8.01. The summed E-state index contributed by atoms with van der Waals surface area (Å²) in [6.07, 6.45) is 0. The molecule has 0 spiro atoms. The number of non-ortho nitro benzene ring substituents is 1. The van der Waals surface area contributed by atoms with Gasteiger partial charge in [-0.25, -0.2) is 4.79 Å². The number of nitro groups is 1. The zero-order valence-corrected chi connectivity index (χ0v) is 15.3. The van der Waals surface area contributed by atoms with Crippen LogP contribution in [-0.2, 0) is 4.74 Å². The summed E-state index contributed by atoms with van der Waals surface area (Å²) in [4.78, 5) is 24.0. The van der Waals surface area contributed by atoms with Crippen molar-refractivity contribution in [1.29, 1.82) is 5.26 Å². The minimum absolute atomic E-state index is 0.0592. The van der Waals surface area contributed by atoms with Crippen LogP contribution in [0.1, 0.15) is 38.5 Å². The first-order valence-corrected chi connectivity index (χ1v) is 8.83. The van der Waals surface area contributed by atoms with Crippen molar-refractivity contribution in [2.45, 2.75) is 19.8 Å². The lowest BCUT2D eigenvalue weighted by molar-refractivity contribution is -0.384. The number of allylic oxidation sites excluding steroid dienone is 1. The Morgan fingerprint density at radius 1 is 1.44 bits per heavy atom. The van der Waals surface area contributed by atoms with Gasteiger partial charge in [0.05, 0.1) is 22.3 Å². The SMILES string of the molecule is CCOC(=O)c1c(C)sc2c1OC(N)=C(C#N)[C@H]2c1ccc([N+](=O)[O-])cc1. The fourth-order valence-corrected chi connectivity index (χ4v) is 4.16. The molecule has 2 aromatic rings. The van der Waals surface area contributed by atoms with Crippen LogP contribution in [0.25, 0.3) is 0 Å². The molecule has 0 fully saturated rings. The van der Waals surface area contributed by atoms with E-state index in [4.69, 9.17) is 15.2 Å². The molecule has 0 aliphatic carbocycles. The van der Waals surface area contributed by atoms with Crippen molar-refractivity contribution >= 4 is 23.0 Å². The predicted molar refractivity (Wildman–Crippen MR) is 97.4 cm³/mol. The van der Waals surface area contributed by atoms with E-state index in [-0.39, 0.29) is 35.1 Å². The van der Waals surface area contributed by atoms with Crippen molar-refractivity contribution in [1.82, 2.24) is 0 Å². The summed E-state index contributed by atoms with van der Waals surface area (Å²) in [6.45, 7) is 3.67. The highest BCUT2D eigenvalue weighted by Crippen LogP contribution is 2.49. The van der Waals surface area contributed by atoms with Crippen LogP contribution in [0.5, 0.6) is 5.75 Å². The summed E-state index contributed by atoms with van der Waals surface area (Å²) in [5.74, 6) is -0.929. The fraction of sp³-hybridized carbons (Fsp3) is 0.222. The molecule has 1 aliphatic rings. The van der Waals surface area contributed by atoms with Gasteiger partial charge in [0.2, 0.25) is 5.88 Å². The Labute approximate surface area is 158 Å². The molecule has 1 aromatic carbocycles. The number of nitriles is 1. The molecule has 27 heavy (non-hydrogen) atoms. The largest absolute Gasteiger partial charge is 0.462 e. The molecule has 138 valence electrons. The van der Waals surface area contributed by atoms with E-state index < -0.39 is 16.8 Å². The number of nitro benzene ring substituents is 1. The van der Waals surface area contributed by atoms with E-state index in [1.807, 2.05) is 6.07 Å². The number of aryl methyl sites for hydroxylation is 1. The van der Waals surface area contributed by atoms with Gasteiger partial charge in [0.25, 0.3) is 5.69 Å². The van der Waals surface area contributed by atoms with Gasteiger partial charge in [-0.2, -0.15) is 5.26 Å². The number of thiophene rings is 1. The monoisotopic (exact) mass is 385 g/mol. The molecule has 0 unspecified atom stereocenters. The second-order valence-corrected chi connectivity index (χ2v) is 6.98. The Hall–Kier alpha value is -3.38. The number of rotatable bonds is 4. The van der Waals surface area contributed by atoms with E-state index in [9.17, 15) is 20.2 Å². The number of carbonyl (C=O) groups is 1. The van der Waals surface area contributed by atoms with Crippen LogP contribution in [0.15, 0.2) is 35.7 Å². The maximum absolute atomic E-state index is 12.3. The Morgan fingerprint density at radius 2 is 2.11 bits per heavy atom. The summed E-state index contributed by atoms with van der Waals surface area (Å²) >= 11 is 1.31. The van der Waals surface area contributed by atoms with Crippen LogP contribution in [0.4, 0.5) is 5.69 Å². The van der Waals surface area contributed by atoms with Gasteiger partial charge in [0.1, 0.15) is 17.2 Å². The average molecular weight is 385 g/mol. The Bertz CT molecular complexity index is 1000. The summed E-state index contributed by atoms with van der Waals surface area (Å²) in [5.41, 5.74) is 6.99. The predicted octanol–water partition coefficient (Wildman–Crippen LogP) is 3.36. The van der Waals surface area contributed by atoms with Crippen molar-refractivity contribution < 1.29 is 19.2 Å². The number of ether oxygens (including phenoxy) is 2. The smallest absolute Gasteiger partial charge is 0.343 e. The first-order chi connectivity index (χ1) is 12.9. The van der Waals surface area contributed by atoms with Crippen molar-refractivity contribution in [3.8, 4) is 11.8 Å². The molecule has 8 nitrogen and oxygen atoms in total. The van der Waals surface area contributed by atoms with Crippen LogP contribution in [0.2, 0.25) is 0 Å². The topological polar surface area (TPSA) is 128 Å². The van der Waals surface area contributed by atoms with E-state index in [1.165, 1.54) is 23.5 Å². The lowest BCUT2D eigenvalue weighted by Crippen LogP contribution is -2.21. The van der Waals surface area contributed by atoms with Gasteiger partial charge in [-0.15, -0.1) is 11.3 Å². The van der Waals surface area contributed by atoms with Gasteiger partial charge in [-0.05, 0) is 19.4 Å². The van der Waals surface area contributed by atoms with E-state index in [0.29, 0.717) is 15.3 Å². The highest BCUT2D eigenvalue weighted by atomic mass is 32.1. The van der Waals surface area contributed by atoms with Gasteiger partial charge in [-0.3, -0.25) is 10.1 Å². The highest BCUT2D eigenvalue weighted by molar-refractivity contribution is 7.12. The number of benzene rings is 1. The molecule has 0 amide bonds. The average Bonchev–Trinajstić information content (AvgIpc) is 2.96. The van der Waals surface area contributed by atoms with E-state index in [0.717, 1.165) is 0 Å². The maximum atomic E-state index is 12.3. The van der Waals surface area contributed by atoms with Crippen LogP contribution < -0.4 is 10.5 Å². The molecule has 9 heteroatoms. The summed E-state index contributed by atoms with van der Waals surface area (Å²) in [7, 11) is 0. The fourth-order valence-electron chi connectivity index (χ4n) is 2.94. The molecule has 0 radical (unpaired) electrons. The molecule has 2 N–H and O–H groups in total. The van der Waals surface area contributed by atoms with Gasteiger partial charge < -0.3 is 15.2 Å². The Kier molecular flexibility index (Phi) is 4.83. The molecule has 0 bridgehead atoms. The summed E-state index contributed by atoms with van der Waals surface area (Å²) in [5, 5.41) is 20.5. The third-order valence-electron chi connectivity index (χ3n) is 4.13. The normalized spacial score (nSPS) is 15.5. The second kappa shape index (κ2) is 7.09. The van der Waals surface area contributed by atoms with Crippen LogP contribution in [-0.4, -0.2) is 17.5 Å². The van der Waals surface area contributed by atoms with Gasteiger partial charge in [0, 0.05) is 17.0 Å². The van der Waals surface area contributed by atoms with Crippen molar-refractivity contribution in [2.24, 2.45) is 5.73 Å². The number of nitrogens with zero attached hydrogens (tertiary/aromatic N) is 2. The van der Waals surface area contributed by atoms with Crippen molar-refractivity contribution in [3.05, 3.63) is 66.7 Å². The van der Waals surface area contributed by atoms with Gasteiger partial charge in [-0.1, -0.05) is 12.1 Å². The molecule has 3 rings (SSSR count). The number of esters is 1. The van der Waals surface area contributed by atoms with Crippen LogP contribution in [0, 0.1) is 28.4 Å². The molecule has 1 atom stereocenters. The molecular weight excluding hydrogens is 370 g/mol. The third-order valence-corrected chi connectivity index (χ3v) is 5.28. The second-order valence-electron chi connectivity index (χ2n) is 5.72. The van der Waals surface area contributed by atoms with Crippen molar-refractivity contribution in [2.75, 3.05) is 6.61 Å². The number of nitrogens with two attached hydrogens (primary N) is 1. The number of fused-ring (bicyclic) bond motifs is 1. The number of carbonyl (C=O) groups excluding carboxylic acids is 1. The summed E-state index contributed by atoms with van der Waals surface area (Å²) < 4.78 is 10.7. The molecule has 2 heterocycles. The minimum atomic E-state index is -0.577. The Morgan fingerprint density at radius 3 is 2.67 bits per heavy atom. The minimum Gasteiger partial charge on any atom is -0.462 e. The standard InChI is InChI=1S/C18H15N3O5S/c1-3-25-18(22)13-9(2)27-16-14(12(8-19)17(20)26-15(13)16)10-4-6-11(7-5-10)21(23)24/h4-7,14H,3,20H2,1-2H3/t14-/m1/s1. The molecule has 1 aromatic heterocycles. The highest BCUT2D eigenvalue weighted by Gasteiger charge is 2.37. The van der Waals surface area contributed by atoms with E-state index >= 15 is 0 Å². The van der Waals surface area contributed by atoms with Crippen LogP contribution in [0.3, 0.4) is 0 Å². The third kappa shape index (κ3) is 3.11. The maximum Gasteiger partial charge on any atom is 0.343 e. The zero-order valence-electron chi connectivity index (χ0n) is 14.5. The molecular formula is C18H15N3O5S. The molecule has 0 saturated carbocycles. The van der Waals surface area contributed by atoms with E-state index in [2.05, 4.69) is 0 Å². The lowest BCUT2D eigenvalue weighted by Gasteiger charge is -2.24. The number of hydrogen-bond donors (Lipinski definition) is 1. The van der Waals surface area contributed by atoms with Gasteiger partial charge in [0.15, 0.2) is 5.75 Å². The summed E-state index contributed by atoms with van der Waals surface area (Å²) in [6, 6.07) is 7.92. The lowest BCUT2D eigenvalue weighted by atomic mass is 9.88. The van der Waals surface area contributed by atoms with E-state index in [1.54, 1.807) is 26.0 Å². The molecule has 1 aliphatic heterocycles. The van der Waals surface area contributed by atoms with Gasteiger partial charge >= 0.3 is 5.97 Å². The quantitative estimate of drug-likeness (QED) is 0.485. The Balaban J connectivity index is 2.17. The first kappa shape index (κ1) is 18.4. The van der Waals surface area contributed by atoms with Crippen molar-refractivity contribution in [3.63, 3.8) is 0 Å². The molecule has 0 saturated heterocycles.